The van der Waals surface area contributed by atoms with Gasteiger partial charge in [0.2, 0.25) is 21.8 Å². The normalized spacial score (nSPS) is 15.9. The average Bonchev–Trinajstić information content (AvgIpc) is 2.61. The van der Waals surface area contributed by atoms with Crippen LogP contribution in [0, 0.1) is 5.92 Å². The number of carboxylic acid groups (broad SMARTS) is 1. The number of nitrogens with zero attached hydrogens (tertiary/aromatic N) is 1. The minimum atomic E-state index is -3.22. The molecule has 1 aromatic rings. The molecule has 0 unspecified atom stereocenters. The summed E-state index contributed by atoms with van der Waals surface area (Å²) in [6.07, 6.45) is 2.16. The number of rotatable bonds is 7. The van der Waals surface area contributed by atoms with Crippen LogP contribution < -0.4 is 10.6 Å². The number of carbonyl (C=O) groups excluding carboxylic acids is 2. The van der Waals surface area contributed by atoms with Crippen molar-refractivity contribution in [3.8, 4) is 0 Å². The largest absolute Gasteiger partial charge is 0.480 e. The number of hydrogen-bond acceptors (Lipinski definition) is 5. The number of anilines is 1. The molecule has 0 aromatic heterocycles. The highest BCUT2D eigenvalue weighted by molar-refractivity contribution is 7.88. The first-order valence-corrected chi connectivity index (χ1v) is 10.3. The average molecular weight is 397 g/mol. The maximum absolute atomic E-state index is 12.3. The predicted octanol–water partition coefficient (Wildman–Crippen LogP) is 0.0400. The Bertz CT molecular complexity index is 798. The zero-order valence-electron chi connectivity index (χ0n) is 15.0. The first kappa shape index (κ1) is 20.8. The molecular weight excluding hydrogens is 374 g/mol. The molecule has 0 spiro atoms. The lowest BCUT2D eigenvalue weighted by molar-refractivity contribution is -0.137. The summed E-state index contributed by atoms with van der Waals surface area (Å²) < 4.78 is 24.4. The van der Waals surface area contributed by atoms with E-state index >= 15 is 0 Å². The fourth-order valence-corrected chi connectivity index (χ4v) is 3.70. The number of amides is 2. The minimum absolute atomic E-state index is 0.0471. The first-order valence-electron chi connectivity index (χ1n) is 8.48. The Balaban J connectivity index is 1.83. The van der Waals surface area contributed by atoms with Crippen molar-refractivity contribution < 1.29 is 27.9 Å². The van der Waals surface area contributed by atoms with E-state index in [1.54, 1.807) is 24.3 Å². The number of piperidine rings is 1. The van der Waals surface area contributed by atoms with Crippen LogP contribution in [0.2, 0.25) is 0 Å². The summed E-state index contributed by atoms with van der Waals surface area (Å²) in [5.41, 5.74) is 1.28. The Kier molecular flexibility index (Phi) is 6.92. The molecule has 0 bridgehead atoms. The van der Waals surface area contributed by atoms with Gasteiger partial charge in [0.25, 0.3) is 0 Å². The zero-order chi connectivity index (χ0) is 20.0. The summed E-state index contributed by atoms with van der Waals surface area (Å²) >= 11 is 0. The molecule has 1 saturated heterocycles. The molecule has 0 atom stereocenters. The van der Waals surface area contributed by atoms with Crippen LogP contribution in [0.3, 0.4) is 0 Å². The Labute approximate surface area is 157 Å². The monoisotopic (exact) mass is 397 g/mol. The third-order valence-corrected chi connectivity index (χ3v) is 5.62. The number of aliphatic carboxylic acids is 1. The molecule has 1 fully saturated rings. The van der Waals surface area contributed by atoms with Gasteiger partial charge in [0.1, 0.15) is 6.54 Å². The van der Waals surface area contributed by atoms with Crippen LogP contribution in [-0.2, 0) is 30.8 Å². The van der Waals surface area contributed by atoms with Gasteiger partial charge in [-0.3, -0.25) is 14.4 Å². The summed E-state index contributed by atoms with van der Waals surface area (Å²) in [5.74, 6) is -1.91. The Morgan fingerprint density at radius 3 is 2.26 bits per heavy atom. The number of sulfonamides is 1. The Morgan fingerprint density at radius 2 is 1.74 bits per heavy atom. The molecule has 9 nitrogen and oxygen atoms in total. The van der Waals surface area contributed by atoms with Crippen LogP contribution in [0.25, 0.3) is 0 Å². The molecule has 148 valence electrons. The molecule has 1 aliphatic heterocycles. The molecule has 1 aliphatic rings. The third-order valence-electron chi connectivity index (χ3n) is 4.32. The lowest BCUT2D eigenvalue weighted by Gasteiger charge is -2.29. The van der Waals surface area contributed by atoms with Gasteiger partial charge in [0.05, 0.1) is 12.7 Å². The predicted molar refractivity (Wildman–Crippen MR) is 98.6 cm³/mol. The lowest BCUT2D eigenvalue weighted by atomic mass is 9.97. The van der Waals surface area contributed by atoms with Crippen LogP contribution in [0.5, 0.6) is 0 Å². The highest BCUT2D eigenvalue weighted by Crippen LogP contribution is 2.21. The topological polar surface area (TPSA) is 133 Å². The number of carboxylic acids is 1. The van der Waals surface area contributed by atoms with Gasteiger partial charge in [-0.2, -0.15) is 0 Å². The van der Waals surface area contributed by atoms with E-state index in [-0.39, 0.29) is 18.2 Å². The van der Waals surface area contributed by atoms with Crippen molar-refractivity contribution in [3.63, 3.8) is 0 Å². The molecule has 2 amide bonds. The van der Waals surface area contributed by atoms with E-state index in [4.69, 9.17) is 5.11 Å². The second-order valence-electron chi connectivity index (χ2n) is 6.47. The van der Waals surface area contributed by atoms with Crippen molar-refractivity contribution >= 4 is 33.5 Å². The second-order valence-corrected chi connectivity index (χ2v) is 8.45. The van der Waals surface area contributed by atoms with Crippen LogP contribution in [-0.4, -0.2) is 61.5 Å². The molecule has 10 heteroatoms. The molecule has 27 heavy (non-hydrogen) atoms. The quantitative estimate of drug-likeness (QED) is 0.595. The molecule has 1 heterocycles. The van der Waals surface area contributed by atoms with Crippen molar-refractivity contribution in [1.82, 2.24) is 9.62 Å². The molecule has 0 aliphatic carbocycles. The van der Waals surface area contributed by atoms with Gasteiger partial charge < -0.3 is 15.7 Å². The summed E-state index contributed by atoms with van der Waals surface area (Å²) in [4.78, 5) is 34.3. The summed E-state index contributed by atoms with van der Waals surface area (Å²) in [6, 6.07) is 6.71. The van der Waals surface area contributed by atoms with E-state index in [1.807, 2.05) is 0 Å². The van der Waals surface area contributed by atoms with Gasteiger partial charge in [0.15, 0.2) is 0 Å². The number of carbonyl (C=O) groups is 3. The Morgan fingerprint density at radius 1 is 1.15 bits per heavy atom. The Hall–Kier alpha value is -2.46. The van der Waals surface area contributed by atoms with Crippen LogP contribution in [0.1, 0.15) is 18.4 Å². The van der Waals surface area contributed by atoms with E-state index in [9.17, 15) is 22.8 Å². The van der Waals surface area contributed by atoms with E-state index in [2.05, 4.69) is 10.6 Å². The van der Waals surface area contributed by atoms with Gasteiger partial charge in [-0.05, 0) is 30.5 Å². The van der Waals surface area contributed by atoms with E-state index in [0.717, 1.165) is 6.26 Å². The summed E-state index contributed by atoms with van der Waals surface area (Å²) in [7, 11) is -3.22. The van der Waals surface area contributed by atoms with Crippen LogP contribution >= 0.6 is 0 Å². The van der Waals surface area contributed by atoms with Gasteiger partial charge in [-0.25, -0.2) is 12.7 Å². The first-order chi connectivity index (χ1) is 12.6. The summed E-state index contributed by atoms with van der Waals surface area (Å²) in [5, 5.41) is 13.6. The number of benzene rings is 1. The molecule has 0 saturated carbocycles. The molecule has 0 radical (unpaired) electrons. The zero-order valence-corrected chi connectivity index (χ0v) is 15.8. The van der Waals surface area contributed by atoms with Crippen molar-refractivity contribution in [2.24, 2.45) is 5.92 Å². The maximum atomic E-state index is 12.3. The molecule has 1 aromatic carbocycles. The highest BCUT2D eigenvalue weighted by atomic mass is 32.2. The summed E-state index contributed by atoms with van der Waals surface area (Å²) in [6.45, 7) is 0.244. The smallest absolute Gasteiger partial charge is 0.322 e. The van der Waals surface area contributed by atoms with Crippen molar-refractivity contribution in [2.75, 3.05) is 31.2 Å². The van der Waals surface area contributed by atoms with Crippen LogP contribution in [0.15, 0.2) is 24.3 Å². The van der Waals surface area contributed by atoms with E-state index in [1.165, 1.54) is 4.31 Å². The van der Waals surface area contributed by atoms with E-state index in [0.29, 0.717) is 37.2 Å². The molecular formula is C17H23N3O6S. The minimum Gasteiger partial charge on any atom is -0.480 e. The number of hydrogen-bond donors (Lipinski definition) is 3. The SMILES string of the molecule is CS(=O)(=O)N1CCC(C(=O)Nc2ccc(CC(=O)NCC(=O)O)cc2)CC1. The standard InChI is InChI=1S/C17H23N3O6S/c1-27(25,26)20-8-6-13(7-9-20)17(24)19-14-4-2-12(3-5-14)10-15(21)18-11-16(22)23/h2-5,13H,6-11H2,1H3,(H,18,21)(H,19,24)(H,22,23). The third kappa shape index (κ3) is 6.65. The maximum Gasteiger partial charge on any atom is 0.322 e. The lowest BCUT2D eigenvalue weighted by Crippen LogP contribution is -2.40. The molecule has 3 N–H and O–H groups in total. The number of nitrogens with one attached hydrogen (secondary N) is 2. The van der Waals surface area contributed by atoms with Gasteiger partial charge in [-0.1, -0.05) is 12.1 Å². The van der Waals surface area contributed by atoms with Gasteiger partial charge >= 0.3 is 5.97 Å². The molecule has 2 rings (SSSR count). The fraction of sp³-hybridized carbons (Fsp3) is 0.471. The van der Waals surface area contributed by atoms with Crippen molar-refractivity contribution in [3.05, 3.63) is 29.8 Å². The van der Waals surface area contributed by atoms with Gasteiger partial charge in [0, 0.05) is 24.7 Å². The van der Waals surface area contributed by atoms with Crippen molar-refractivity contribution in [1.29, 1.82) is 0 Å². The van der Waals surface area contributed by atoms with Crippen molar-refractivity contribution in [2.45, 2.75) is 19.3 Å². The van der Waals surface area contributed by atoms with Gasteiger partial charge in [-0.15, -0.1) is 0 Å². The fourth-order valence-electron chi connectivity index (χ4n) is 2.82. The van der Waals surface area contributed by atoms with E-state index < -0.39 is 28.4 Å². The van der Waals surface area contributed by atoms with Crippen LogP contribution in [0.4, 0.5) is 5.69 Å². The second kappa shape index (κ2) is 8.96. The highest BCUT2D eigenvalue weighted by Gasteiger charge is 2.28.